The van der Waals surface area contributed by atoms with Crippen molar-refractivity contribution in [3.8, 4) is 0 Å². The Hall–Kier alpha value is -1.14. The minimum absolute atomic E-state index is 0.0192. The summed E-state index contributed by atoms with van der Waals surface area (Å²) in [6.07, 6.45) is 0.892. The number of carbonyl (C=O) groups excluding carboxylic acids is 2. The van der Waals surface area contributed by atoms with Gasteiger partial charge in [0.15, 0.2) is 0 Å². The van der Waals surface area contributed by atoms with Crippen molar-refractivity contribution in [1.29, 1.82) is 0 Å². The molecule has 0 aromatic rings. The minimum Gasteiger partial charge on any atom is -0.339 e. The number of rotatable bonds is 7. The molecule has 6 nitrogen and oxygen atoms in total. The van der Waals surface area contributed by atoms with E-state index in [1.807, 2.05) is 19.0 Å². The molecule has 0 atom stereocenters. The number of nitrogens with zero attached hydrogens (tertiary/aromatic N) is 4. The monoisotopic (exact) mass is 298 g/mol. The van der Waals surface area contributed by atoms with Gasteiger partial charge in [0, 0.05) is 39.6 Å². The Morgan fingerprint density at radius 1 is 1.05 bits per heavy atom. The van der Waals surface area contributed by atoms with Gasteiger partial charge in [-0.3, -0.25) is 9.59 Å². The summed E-state index contributed by atoms with van der Waals surface area (Å²) < 4.78 is 0. The van der Waals surface area contributed by atoms with Crippen LogP contribution in [0.1, 0.15) is 20.3 Å². The quantitative estimate of drug-likeness (QED) is 0.661. The number of hydrogen-bond donors (Lipinski definition) is 0. The van der Waals surface area contributed by atoms with E-state index in [2.05, 4.69) is 16.7 Å². The normalized spacial score (nSPS) is 16.3. The van der Waals surface area contributed by atoms with E-state index in [1.54, 1.807) is 4.90 Å². The van der Waals surface area contributed by atoms with E-state index in [-0.39, 0.29) is 18.4 Å². The second-order valence-electron chi connectivity index (χ2n) is 5.91. The first-order valence-electron chi connectivity index (χ1n) is 7.84. The molecular weight excluding hydrogens is 268 g/mol. The van der Waals surface area contributed by atoms with Crippen LogP contribution in [0.25, 0.3) is 0 Å². The molecule has 2 amide bonds. The average molecular weight is 298 g/mol. The maximum absolute atomic E-state index is 12.3. The van der Waals surface area contributed by atoms with Gasteiger partial charge in [0.2, 0.25) is 11.8 Å². The van der Waals surface area contributed by atoms with Crippen molar-refractivity contribution >= 4 is 11.8 Å². The van der Waals surface area contributed by atoms with E-state index in [4.69, 9.17) is 0 Å². The maximum Gasteiger partial charge on any atom is 0.242 e. The van der Waals surface area contributed by atoms with E-state index >= 15 is 0 Å². The number of hydrogen-bond acceptors (Lipinski definition) is 4. The molecule has 0 bridgehead atoms. The smallest absolute Gasteiger partial charge is 0.242 e. The van der Waals surface area contributed by atoms with Crippen molar-refractivity contribution in [2.45, 2.75) is 20.3 Å². The molecule has 0 unspecified atom stereocenters. The molecule has 1 saturated heterocycles. The van der Waals surface area contributed by atoms with Gasteiger partial charge >= 0.3 is 0 Å². The van der Waals surface area contributed by atoms with E-state index in [1.165, 1.54) is 6.92 Å². The van der Waals surface area contributed by atoms with Gasteiger partial charge in [0.25, 0.3) is 0 Å². The van der Waals surface area contributed by atoms with Crippen molar-refractivity contribution in [3.63, 3.8) is 0 Å². The predicted octanol–water partition coefficient (Wildman–Crippen LogP) is -0.0493. The second-order valence-corrected chi connectivity index (χ2v) is 5.91. The number of piperazine rings is 1. The Kier molecular flexibility index (Phi) is 7.67. The lowest BCUT2D eigenvalue weighted by molar-refractivity contribution is -0.140. The number of amides is 2. The van der Waals surface area contributed by atoms with Gasteiger partial charge < -0.3 is 19.6 Å². The van der Waals surface area contributed by atoms with Gasteiger partial charge in [-0.05, 0) is 33.6 Å². The van der Waals surface area contributed by atoms with E-state index < -0.39 is 0 Å². The lowest BCUT2D eigenvalue weighted by Gasteiger charge is -2.35. The van der Waals surface area contributed by atoms with Gasteiger partial charge in [0.1, 0.15) is 0 Å². The zero-order chi connectivity index (χ0) is 15.8. The fourth-order valence-electron chi connectivity index (χ4n) is 2.50. The standard InChI is InChI=1S/C15H30N4O2/c1-5-17-9-11-18(12-10-17)15(21)13-19(14(2)20)8-6-7-16(3)4/h5-13H2,1-4H3. The highest BCUT2D eigenvalue weighted by atomic mass is 16.2. The van der Waals surface area contributed by atoms with Crippen LogP contribution in [0.15, 0.2) is 0 Å². The second kappa shape index (κ2) is 9.00. The first-order valence-corrected chi connectivity index (χ1v) is 7.84. The van der Waals surface area contributed by atoms with Crippen LogP contribution in [-0.4, -0.2) is 97.9 Å². The van der Waals surface area contributed by atoms with Gasteiger partial charge in [-0.25, -0.2) is 0 Å². The highest BCUT2D eigenvalue weighted by Crippen LogP contribution is 2.04. The lowest BCUT2D eigenvalue weighted by Crippen LogP contribution is -2.51. The van der Waals surface area contributed by atoms with Crippen molar-refractivity contribution in [1.82, 2.24) is 19.6 Å². The van der Waals surface area contributed by atoms with E-state index in [0.29, 0.717) is 6.54 Å². The van der Waals surface area contributed by atoms with Gasteiger partial charge in [0.05, 0.1) is 6.54 Å². The number of carbonyl (C=O) groups is 2. The molecule has 1 aliphatic heterocycles. The predicted molar refractivity (Wildman–Crippen MR) is 84.1 cm³/mol. The lowest BCUT2D eigenvalue weighted by atomic mass is 10.3. The zero-order valence-corrected chi connectivity index (χ0v) is 14.0. The Balaban J connectivity index is 2.40. The third kappa shape index (κ3) is 6.44. The molecule has 0 aromatic heterocycles. The molecule has 1 rings (SSSR count). The third-order valence-corrected chi connectivity index (χ3v) is 3.98. The van der Waals surface area contributed by atoms with Gasteiger partial charge in [-0.2, -0.15) is 0 Å². The van der Waals surface area contributed by atoms with Crippen LogP contribution in [0.4, 0.5) is 0 Å². The Bertz CT molecular complexity index is 339. The molecule has 21 heavy (non-hydrogen) atoms. The highest BCUT2D eigenvalue weighted by molar-refractivity contribution is 5.83. The first-order chi connectivity index (χ1) is 9.93. The topological polar surface area (TPSA) is 47.1 Å². The largest absolute Gasteiger partial charge is 0.339 e. The molecule has 0 saturated carbocycles. The summed E-state index contributed by atoms with van der Waals surface area (Å²) in [6.45, 7) is 9.91. The Labute approximate surface area is 128 Å². The van der Waals surface area contributed by atoms with Crippen molar-refractivity contribution in [2.24, 2.45) is 0 Å². The fraction of sp³-hybridized carbons (Fsp3) is 0.867. The van der Waals surface area contributed by atoms with Crippen molar-refractivity contribution < 1.29 is 9.59 Å². The average Bonchev–Trinajstić information content (AvgIpc) is 2.45. The van der Waals surface area contributed by atoms with Crippen LogP contribution < -0.4 is 0 Å². The summed E-state index contributed by atoms with van der Waals surface area (Å²) in [6, 6.07) is 0. The summed E-state index contributed by atoms with van der Waals surface area (Å²) >= 11 is 0. The minimum atomic E-state index is -0.0192. The van der Waals surface area contributed by atoms with E-state index in [0.717, 1.165) is 45.7 Å². The van der Waals surface area contributed by atoms with Gasteiger partial charge in [-0.1, -0.05) is 6.92 Å². The van der Waals surface area contributed by atoms with Crippen LogP contribution in [0.3, 0.4) is 0 Å². The molecule has 0 aromatic carbocycles. The molecule has 0 N–H and O–H groups in total. The Morgan fingerprint density at radius 2 is 1.67 bits per heavy atom. The Morgan fingerprint density at radius 3 is 2.14 bits per heavy atom. The highest BCUT2D eigenvalue weighted by Gasteiger charge is 2.22. The molecule has 1 fully saturated rings. The molecule has 0 aliphatic carbocycles. The van der Waals surface area contributed by atoms with Crippen LogP contribution in [-0.2, 0) is 9.59 Å². The molecule has 1 heterocycles. The van der Waals surface area contributed by atoms with Crippen molar-refractivity contribution in [2.75, 3.05) is 66.5 Å². The molecule has 0 radical (unpaired) electrons. The van der Waals surface area contributed by atoms with Crippen LogP contribution in [0.2, 0.25) is 0 Å². The molecular formula is C15H30N4O2. The van der Waals surface area contributed by atoms with E-state index in [9.17, 15) is 9.59 Å². The fourth-order valence-corrected chi connectivity index (χ4v) is 2.50. The summed E-state index contributed by atoms with van der Waals surface area (Å²) in [5, 5.41) is 0. The maximum atomic E-state index is 12.3. The van der Waals surface area contributed by atoms with Crippen LogP contribution >= 0.6 is 0 Å². The molecule has 6 heteroatoms. The summed E-state index contributed by atoms with van der Waals surface area (Å²) in [5.74, 6) is 0.0557. The first kappa shape index (κ1) is 17.9. The van der Waals surface area contributed by atoms with Gasteiger partial charge in [-0.15, -0.1) is 0 Å². The zero-order valence-electron chi connectivity index (χ0n) is 14.0. The summed E-state index contributed by atoms with van der Waals surface area (Å²) in [7, 11) is 4.02. The summed E-state index contributed by atoms with van der Waals surface area (Å²) in [4.78, 5) is 31.9. The third-order valence-electron chi connectivity index (χ3n) is 3.98. The van der Waals surface area contributed by atoms with Crippen LogP contribution in [0.5, 0.6) is 0 Å². The SMILES string of the molecule is CCN1CCN(C(=O)CN(CCCN(C)C)C(C)=O)CC1. The summed E-state index contributed by atoms with van der Waals surface area (Å²) in [5.41, 5.74) is 0. The van der Waals surface area contributed by atoms with Crippen molar-refractivity contribution in [3.05, 3.63) is 0 Å². The molecule has 122 valence electrons. The number of likely N-dealkylation sites (N-methyl/N-ethyl adjacent to an activating group) is 1. The molecule has 0 spiro atoms. The molecule has 1 aliphatic rings. The van der Waals surface area contributed by atoms with Crippen LogP contribution in [0, 0.1) is 0 Å².